The lowest BCUT2D eigenvalue weighted by Crippen LogP contribution is -2.30. The van der Waals surface area contributed by atoms with E-state index in [2.05, 4.69) is 29.7 Å². The zero-order valence-electron chi connectivity index (χ0n) is 13.5. The Bertz CT molecular complexity index is 786. The highest BCUT2D eigenvalue weighted by atomic mass is 32.2. The quantitative estimate of drug-likeness (QED) is 0.687. The van der Waals surface area contributed by atoms with Crippen LogP contribution in [-0.2, 0) is 22.9 Å². The predicted molar refractivity (Wildman–Crippen MR) is 102 cm³/mol. The number of hydrogen-bond acceptors (Lipinski definition) is 3. The molecular weight excluding hydrogens is 342 g/mol. The van der Waals surface area contributed by atoms with E-state index in [1.807, 2.05) is 12.1 Å². The van der Waals surface area contributed by atoms with E-state index < -0.39 is 10.0 Å². The van der Waals surface area contributed by atoms with Crippen molar-refractivity contribution in [1.29, 1.82) is 0 Å². The van der Waals surface area contributed by atoms with Gasteiger partial charge in [0.25, 0.3) is 0 Å². The average molecular weight is 364 g/mol. The van der Waals surface area contributed by atoms with E-state index in [0.717, 1.165) is 24.1 Å². The van der Waals surface area contributed by atoms with Gasteiger partial charge in [-0.05, 0) is 60.5 Å². The first-order valence-electron chi connectivity index (χ1n) is 7.64. The molecule has 0 atom stereocenters. The number of anilines is 1. The van der Waals surface area contributed by atoms with Gasteiger partial charge in [-0.2, -0.15) is 0 Å². The molecule has 4 N–H and O–H groups in total. The summed E-state index contributed by atoms with van der Waals surface area (Å²) in [5.74, 6) is 0. The molecule has 0 aromatic heterocycles. The van der Waals surface area contributed by atoms with Crippen molar-refractivity contribution in [2.24, 2.45) is 5.14 Å². The van der Waals surface area contributed by atoms with Gasteiger partial charge >= 0.3 is 0 Å². The van der Waals surface area contributed by atoms with E-state index in [1.165, 1.54) is 17.7 Å². The summed E-state index contributed by atoms with van der Waals surface area (Å²) in [6, 6.07) is 14.7. The monoisotopic (exact) mass is 363 g/mol. The van der Waals surface area contributed by atoms with Gasteiger partial charge in [-0.25, -0.2) is 13.6 Å². The minimum Gasteiger partial charge on any atom is -0.362 e. The van der Waals surface area contributed by atoms with E-state index >= 15 is 0 Å². The second kappa shape index (κ2) is 8.23. The zero-order chi connectivity index (χ0) is 17.6. The maximum absolute atomic E-state index is 11.2. The first-order chi connectivity index (χ1) is 11.4. The smallest absolute Gasteiger partial charge is 0.238 e. The van der Waals surface area contributed by atoms with E-state index in [1.54, 1.807) is 12.1 Å². The molecule has 0 fully saturated rings. The molecule has 0 bridgehead atoms. The highest BCUT2D eigenvalue weighted by molar-refractivity contribution is 7.89. The van der Waals surface area contributed by atoms with E-state index in [4.69, 9.17) is 17.4 Å². The van der Waals surface area contributed by atoms with Gasteiger partial charge in [0.05, 0.1) is 4.90 Å². The highest BCUT2D eigenvalue weighted by Gasteiger charge is 2.06. The highest BCUT2D eigenvalue weighted by Crippen LogP contribution is 2.10. The Morgan fingerprint density at radius 3 is 2.17 bits per heavy atom. The zero-order valence-corrected chi connectivity index (χ0v) is 15.1. The summed E-state index contributed by atoms with van der Waals surface area (Å²) in [5.41, 5.74) is 3.23. The molecule has 2 aromatic carbocycles. The molecule has 0 radical (unpaired) electrons. The van der Waals surface area contributed by atoms with Crippen LogP contribution in [0.3, 0.4) is 0 Å². The topological polar surface area (TPSA) is 84.2 Å². The number of benzene rings is 2. The lowest BCUT2D eigenvalue weighted by molar-refractivity contribution is 0.598. The van der Waals surface area contributed by atoms with Gasteiger partial charge < -0.3 is 10.6 Å². The molecule has 0 heterocycles. The number of primary sulfonamides is 1. The van der Waals surface area contributed by atoms with Crippen molar-refractivity contribution in [1.82, 2.24) is 5.32 Å². The first kappa shape index (κ1) is 18.4. The van der Waals surface area contributed by atoms with Crippen molar-refractivity contribution in [2.75, 3.05) is 11.9 Å². The molecule has 0 aliphatic rings. The van der Waals surface area contributed by atoms with Crippen molar-refractivity contribution >= 4 is 33.0 Å². The normalized spacial score (nSPS) is 11.1. The summed E-state index contributed by atoms with van der Waals surface area (Å²) >= 11 is 5.26. The molecule has 0 amide bonds. The number of hydrogen-bond donors (Lipinski definition) is 3. The maximum atomic E-state index is 11.2. The second-order valence-corrected chi connectivity index (χ2v) is 7.34. The van der Waals surface area contributed by atoms with Crippen LogP contribution < -0.4 is 15.8 Å². The molecule has 0 unspecified atom stereocenters. The standard InChI is InChI=1S/C17H21N3O2S2/c1-2-13-3-7-15(8-4-13)20-17(23)19-12-11-14-5-9-16(10-6-14)24(18,21)22/h3-10H,2,11-12H2,1H3,(H2,18,21,22)(H2,19,20,23). The van der Waals surface area contributed by atoms with Crippen LogP contribution in [0.1, 0.15) is 18.1 Å². The van der Waals surface area contributed by atoms with Gasteiger partial charge in [0.15, 0.2) is 5.11 Å². The summed E-state index contributed by atoms with van der Waals surface area (Å²) in [4.78, 5) is 0.118. The molecule has 128 valence electrons. The molecular formula is C17H21N3O2S2. The van der Waals surface area contributed by atoms with Crippen LogP contribution in [0.5, 0.6) is 0 Å². The largest absolute Gasteiger partial charge is 0.362 e. The molecule has 7 heteroatoms. The SMILES string of the molecule is CCc1ccc(NC(=S)NCCc2ccc(S(N)(=O)=O)cc2)cc1. The van der Waals surface area contributed by atoms with E-state index in [0.29, 0.717) is 11.7 Å². The third kappa shape index (κ3) is 5.59. The number of rotatable bonds is 6. The minimum atomic E-state index is -3.64. The van der Waals surface area contributed by atoms with Gasteiger partial charge in [0.1, 0.15) is 0 Å². The first-order valence-corrected chi connectivity index (χ1v) is 9.59. The number of aryl methyl sites for hydroxylation is 1. The third-order valence-electron chi connectivity index (χ3n) is 3.57. The number of thiocarbonyl (C=S) groups is 1. The molecule has 0 saturated heterocycles. The summed E-state index contributed by atoms with van der Waals surface area (Å²) in [5, 5.41) is 11.9. The van der Waals surface area contributed by atoms with Crippen LogP contribution in [0, 0.1) is 0 Å². The van der Waals surface area contributed by atoms with Gasteiger partial charge in [0, 0.05) is 12.2 Å². The molecule has 0 aliphatic heterocycles. The Morgan fingerprint density at radius 2 is 1.62 bits per heavy atom. The number of sulfonamides is 1. The summed E-state index contributed by atoms with van der Waals surface area (Å²) in [7, 11) is -3.64. The summed E-state index contributed by atoms with van der Waals surface area (Å²) in [6.07, 6.45) is 1.73. The van der Waals surface area contributed by atoms with E-state index in [9.17, 15) is 8.42 Å². The fourth-order valence-electron chi connectivity index (χ4n) is 2.17. The molecule has 0 aliphatic carbocycles. The van der Waals surface area contributed by atoms with Crippen molar-refractivity contribution in [3.8, 4) is 0 Å². The van der Waals surface area contributed by atoms with Crippen LogP contribution in [0.25, 0.3) is 0 Å². The number of nitrogens with two attached hydrogens (primary N) is 1. The predicted octanol–water partition coefficient (Wildman–Crippen LogP) is 2.43. The molecule has 0 saturated carbocycles. The Labute approximate surface area is 148 Å². The van der Waals surface area contributed by atoms with Crippen LogP contribution >= 0.6 is 12.2 Å². The van der Waals surface area contributed by atoms with Crippen LogP contribution in [0.2, 0.25) is 0 Å². The average Bonchev–Trinajstić information content (AvgIpc) is 2.55. The lowest BCUT2D eigenvalue weighted by Gasteiger charge is -2.11. The third-order valence-corrected chi connectivity index (χ3v) is 4.75. The molecule has 0 spiro atoms. The van der Waals surface area contributed by atoms with Gasteiger partial charge in [0.2, 0.25) is 10.0 Å². The molecule has 5 nitrogen and oxygen atoms in total. The van der Waals surface area contributed by atoms with Gasteiger partial charge in [-0.1, -0.05) is 31.2 Å². The minimum absolute atomic E-state index is 0.118. The Kier molecular flexibility index (Phi) is 6.30. The summed E-state index contributed by atoms with van der Waals surface area (Å²) < 4.78 is 22.4. The van der Waals surface area contributed by atoms with Gasteiger partial charge in [-0.15, -0.1) is 0 Å². The fraction of sp³-hybridized carbons (Fsp3) is 0.235. The van der Waals surface area contributed by atoms with Crippen LogP contribution in [-0.4, -0.2) is 20.1 Å². The fourth-order valence-corrected chi connectivity index (χ4v) is 2.90. The van der Waals surface area contributed by atoms with E-state index in [-0.39, 0.29) is 4.90 Å². The van der Waals surface area contributed by atoms with Crippen molar-refractivity contribution in [3.63, 3.8) is 0 Å². The van der Waals surface area contributed by atoms with Crippen LogP contribution in [0.15, 0.2) is 53.4 Å². The Hall–Kier alpha value is -1.96. The van der Waals surface area contributed by atoms with Crippen molar-refractivity contribution in [3.05, 3.63) is 59.7 Å². The Morgan fingerprint density at radius 1 is 1.04 bits per heavy atom. The molecule has 2 aromatic rings. The number of nitrogens with one attached hydrogen (secondary N) is 2. The molecule has 2 rings (SSSR count). The Balaban J connectivity index is 1.79. The lowest BCUT2D eigenvalue weighted by atomic mass is 10.1. The molecule has 24 heavy (non-hydrogen) atoms. The van der Waals surface area contributed by atoms with Crippen molar-refractivity contribution < 1.29 is 8.42 Å². The van der Waals surface area contributed by atoms with Crippen LogP contribution in [0.4, 0.5) is 5.69 Å². The summed E-state index contributed by atoms with van der Waals surface area (Å²) in [6.45, 7) is 2.76. The maximum Gasteiger partial charge on any atom is 0.238 e. The van der Waals surface area contributed by atoms with Gasteiger partial charge in [-0.3, -0.25) is 0 Å². The van der Waals surface area contributed by atoms with Crippen molar-refractivity contribution in [2.45, 2.75) is 24.7 Å². The second-order valence-electron chi connectivity index (χ2n) is 5.37.